The molecule has 0 aliphatic heterocycles. The van der Waals surface area contributed by atoms with Crippen LogP contribution in [0.1, 0.15) is 71.8 Å². The minimum atomic E-state index is -0.690. The SMILES string of the molecule is CC1CCCCC1.CCOCC(=O)C(CC(C)C)NC(=O)CNC(=O)OCc1ccccc1. The maximum absolute atomic E-state index is 12.1. The maximum atomic E-state index is 12.1. The predicted octanol–water partition coefficient (Wildman–Crippen LogP) is 4.64. The molecule has 0 aromatic heterocycles. The minimum Gasteiger partial charge on any atom is -0.445 e. The molecule has 1 aliphatic rings. The number of alkyl carbamates (subject to hydrolysis) is 1. The molecule has 1 aliphatic carbocycles. The Morgan fingerprint density at radius 1 is 1.06 bits per heavy atom. The number of benzene rings is 1. The summed E-state index contributed by atoms with van der Waals surface area (Å²) in [5.41, 5.74) is 0.852. The van der Waals surface area contributed by atoms with Crippen molar-refractivity contribution < 1.29 is 23.9 Å². The number of carbonyl (C=O) groups excluding carboxylic acids is 3. The molecule has 1 saturated carbocycles. The standard InChI is InChI=1S/C19H28N2O5.C7H14/c1-4-25-13-17(22)16(10-14(2)3)21-18(23)11-20-19(24)26-12-15-8-6-5-7-9-15;1-7-5-3-2-4-6-7/h5-9,14,16H,4,10-13H2,1-3H3,(H,20,24)(H,21,23);7H,2-6H2,1H3. The van der Waals surface area contributed by atoms with E-state index in [-0.39, 0.29) is 31.5 Å². The predicted molar refractivity (Wildman–Crippen MR) is 130 cm³/mol. The summed E-state index contributed by atoms with van der Waals surface area (Å²) in [6, 6.07) is 8.60. The molecular weight excluding hydrogens is 420 g/mol. The largest absolute Gasteiger partial charge is 0.445 e. The first-order chi connectivity index (χ1) is 15.8. The van der Waals surface area contributed by atoms with Crippen molar-refractivity contribution in [3.63, 3.8) is 0 Å². The van der Waals surface area contributed by atoms with Crippen molar-refractivity contribution >= 4 is 17.8 Å². The Kier molecular flexibility index (Phi) is 14.8. The molecule has 0 bridgehead atoms. The van der Waals surface area contributed by atoms with Gasteiger partial charge in [0.25, 0.3) is 0 Å². The zero-order valence-corrected chi connectivity index (χ0v) is 20.7. The first kappa shape index (κ1) is 28.6. The van der Waals surface area contributed by atoms with Gasteiger partial charge in [-0.2, -0.15) is 0 Å². The van der Waals surface area contributed by atoms with Crippen LogP contribution >= 0.6 is 0 Å². The van der Waals surface area contributed by atoms with Crippen LogP contribution in [0.5, 0.6) is 0 Å². The van der Waals surface area contributed by atoms with E-state index in [1.165, 1.54) is 32.1 Å². The number of hydrogen-bond donors (Lipinski definition) is 2. The number of carbonyl (C=O) groups is 3. The third kappa shape index (κ3) is 14.4. The van der Waals surface area contributed by atoms with Crippen LogP contribution < -0.4 is 10.6 Å². The molecule has 2 rings (SSSR count). The average molecular weight is 463 g/mol. The maximum Gasteiger partial charge on any atom is 0.407 e. The summed E-state index contributed by atoms with van der Waals surface area (Å²) >= 11 is 0. The van der Waals surface area contributed by atoms with Crippen molar-refractivity contribution in [1.29, 1.82) is 0 Å². The third-order valence-corrected chi connectivity index (χ3v) is 5.38. The lowest BCUT2D eigenvalue weighted by molar-refractivity contribution is -0.130. The summed E-state index contributed by atoms with van der Waals surface area (Å²) in [6.07, 6.45) is 7.26. The molecule has 1 atom stereocenters. The van der Waals surface area contributed by atoms with Gasteiger partial charge in [-0.05, 0) is 30.7 Å². The van der Waals surface area contributed by atoms with Crippen LogP contribution in [-0.2, 0) is 25.7 Å². The first-order valence-corrected chi connectivity index (χ1v) is 12.2. The number of ether oxygens (including phenoxy) is 2. The summed E-state index contributed by atoms with van der Waals surface area (Å²) in [5, 5.41) is 5.03. The van der Waals surface area contributed by atoms with Crippen molar-refractivity contribution in [2.75, 3.05) is 19.8 Å². The Labute approximate surface area is 199 Å². The van der Waals surface area contributed by atoms with Crippen LogP contribution in [0.15, 0.2) is 30.3 Å². The van der Waals surface area contributed by atoms with Crippen LogP contribution in [0.4, 0.5) is 4.79 Å². The van der Waals surface area contributed by atoms with Gasteiger partial charge < -0.3 is 20.1 Å². The smallest absolute Gasteiger partial charge is 0.407 e. The zero-order chi connectivity index (χ0) is 24.5. The van der Waals surface area contributed by atoms with Crippen LogP contribution in [0, 0.1) is 11.8 Å². The van der Waals surface area contributed by atoms with Crippen LogP contribution in [-0.4, -0.2) is 43.6 Å². The molecule has 0 spiro atoms. The van der Waals surface area contributed by atoms with Gasteiger partial charge in [0.2, 0.25) is 5.91 Å². The van der Waals surface area contributed by atoms with Crippen LogP contribution in [0.3, 0.4) is 0 Å². The Hall–Kier alpha value is -2.41. The first-order valence-electron chi connectivity index (χ1n) is 12.2. The number of hydrogen-bond acceptors (Lipinski definition) is 5. The van der Waals surface area contributed by atoms with Gasteiger partial charge in [-0.3, -0.25) is 9.59 Å². The number of nitrogens with one attached hydrogen (secondary N) is 2. The van der Waals surface area contributed by atoms with Gasteiger partial charge in [0.05, 0.1) is 6.04 Å². The number of amides is 2. The molecule has 1 aromatic rings. The molecule has 2 N–H and O–H groups in total. The summed E-state index contributed by atoms with van der Waals surface area (Å²) in [6.45, 7) is 8.34. The topological polar surface area (TPSA) is 93.7 Å². The normalized spacial score (nSPS) is 14.6. The molecule has 1 fully saturated rings. The highest BCUT2D eigenvalue weighted by Gasteiger charge is 2.22. The van der Waals surface area contributed by atoms with Gasteiger partial charge >= 0.3 is 6.09 Å². The van der Waals surface area contributed by atoms with Crippen molar-refractivity contribution in [2.45, 2.75) is 78.9 Å². The van der Waals surface area contributed by atoms with Gasteiger partial charge in [-0.15, -0.1) is 0 Å². The van der Waals surface area contributed by atoms with E-state index in [4.69, 9.17) is 9.47 Å². The minimum absolute atomic E-state index is 0.0410. The van der Waals surface area contributed by atoms with Crippen molar-refractivity contribution in [3.05, 3.63) is 35.9 Å². The van der Waals surface area contributed by atoms with Gasteiger partial charge in [-0.25, -0.2) is 4.79 Å². The second kappa shape index (κ2) is 17.1. The molecule has 2 amide bonds. The fourth-order valence-corrected chi connectivity index (χ4v) is 3.52. The van der Waals surface area contributed by atoms with Crippen molar-refractivity contribution in [2.24, 2.45) is 11.8 Å². The highest BCUT2D eigenvalue weighted by molar-refractivity contribution is 5.91. The molecule has 0 heterocycles. The number of Topliss-reactive ketones (excluding diaryl/α,β-unsaturated/α-hetero) is 1. The van der Waals surface area contributed by atoms with E-state index in [2.05, 4.69) is 17.6 Å². The second-order valence-electron chi connectivity index (χ2n) is 9.01. The number of rotatable bonds is 11. The highest BCUT2D eigenvalue weighted by atomic mass is 16.5. The monoisotopic (exact) mass is 462 g/mol. The van der Waals surface area contributed by atoms with E-state index in [1.54, 1.807) is 6.92 Å². The fourth-order valence-electron chi connectivity index (χ4n) is 3.52. The van der Waals surface area contributed by atoms with E-state index >= 15 is 0 Å². The summed E-state index contributed by atoms with van der Waals surface area (Å²) in [7, 11) is 0. The summed E-state index contributed by atoms with van der Waals surface area (Å²) in [5.74, 6) is 0.640. The Balaban J connectivity index is 0.000000657. The highest BCUT2D eigenvalue weighted by Crippen LogP contribution is 2.22. The molecule has 33 heavy (non-hydrogen) atoms. The van der Waals surface area contributed by atoms with Crippen LogP contribution in [0.25, 0.3) is 0 Å². The van der Waals surface area contributed by atoms with E-state index < -0.39 is 18.0 Å². The zero-order valence-electron chi connectivity index (χ0n) is 20.7. The lowest BCUT2D eigenvalue weighted by Crippen LogP contribution is -2.47. The lowest BCUT2D eigenvalue weighted by Gasteiger charge is -2.19. The van der Waals surface area contributed by atoms with Gasteiger partial charge in [0.1, 0.15) is 19.8 Å². The Bertz CT molecular complexity index is 687. The van der Waals surface area contributed by atoms with Crippen LogP contribution in [0.2, 0.25) is 0 Å². The molecular formula is C26H42N2O5. The molecule has 186 valence electrons. The Morgan fingerprint density at radius 2 is 1.73 bits per heavy atom. The Morgan fingerprint density at radius 3 is 2.27 bits per heavy atom. The molecule has 1 unspecified atom stereocenters. The summed E-state index contributed by atoms with van der Waals surface area (Å²) in [4.78, 5) is 35.8. The molecule has 0 radical (unpaired) electrons. The third-order valence-electron chi connectivity index (χ3n) is 5.38. The van der Waals surface area contributed by atoms with E-state index in [0.29, 0.717) is 13.0 Å². The molecule has 7 nitrogen and oxygen atoms in total. The van der Waals surface area contributed by atoms with Gasteiger partial charge in [0, 0.05) is 6.61 Å². The average Bonchev–Trinajstić information content (AvgIpc) is 2.80. The molecule has 1 aromatic carbocycles. The van der Waals surface area contributed by atoms with Crippen molar-refractivity contribution in [1.82, 2.24) is 10.6 Å². The number of ketones is 1. The molecule has 7 heteroatoms. The lowest BCUT2D eigenvalue weighted by atomic mass is 9.91. The second-order valence-corrected chi connectivity index (χ2v) is 9.01. The van der Waals surface area contributed by atoms with E-state index in [1.807, 2.05) is 44.2 Å². The quantitative estimate of drug-likeness (QED) is 0.500. The van der Waals surface area contributed by atoms with E-state index in [9.17, 15) is 14.4 Å². The van der Waals surface area contributed by atoms with E-state index in [0.717, 1.165) is 11.5 Å². The summed E-state index contributed by atoms with van der Waals surface area (Å²) < 4.78 is 10.2. The van der Waals surface area contributed by atoms with Gasteiger partial charge in [0.15, 0.2) is 5.78 Å². The van der Waals surface area contributed by atoms with Gasteiger partial charge in [-0.1, -0.05) is 83.2 Å². The molecule has 0 saturated heterocycles. The fraction of sp³-hybridized carbons (Fsp3) is 0.654. The van der Waals surface area contributed by atoms with Crippen molar-refractivity contribution in [3.8, 4) is 0 Å².